The highest BCUT2D eigenvalue weighted by molar-refractivity contribution is 5.61. The number of methoxy groups -OCH3 is 1. The monoisotopic (exact) mass is 341 g/mol. The molecule has 2 aromatic carbocycles. The van der Waals surface area contributed by atoms with Crippen molar-refractivity contribution in [3.63, 3.8) is 0 Å². The quantitative estimate of drug-likeness (QED) is 0.926. The maximum atomic E-state index is 10.7. The zero-order chi connectivity index (χ0) is 17.4. The van der Waals surface area contributed by atoms with Crippen LogP contribution in [0, 0.1) is 0 Å². The normalized spacial score (nSPS) is 20.2. The number of aliphatic hydroxyl groups is 1. The number of rotatable bonds is 4. The maximum Gasteiger partial charge on any atom is 0.231 e. The van der Waals surface area contributed by atoms with Crippen LogP contribution >= 0.6 is 0 Å². The topological polar surface area (TPSA) is 51.2 Å². The predicted molar refractivity (Wildman–Crippen MR) is 94.2 cm³/mol. The van der Waals surface area contributed by atoms with Crippen molar-refractivity contribution in [3.05, 3.63) is 53.1 Å². The standard InChI is InChI=1S/C20H23NO4/c1-21-9-8-14-10-17-19(25-12-24-17)20(23-2)18(14)15(21)11-16(22)13-6-4-3-5-7-13/h3-7,10,15-16,22H,8-9,11-12H2,1-2H3/t15-,16+/m0/s1. The highest BCUT2D eigenvalue weighted by atomic mass is 16.7. The fourth-order valence-electron chi connectivity index (χ4n) is 3.85. The second-order valence-corrected chi connectivity index (χ2v) is 6.62. The van der Waals surface area contributed by atoms with Crippen molar-refractivity contribution < 1.29 is 19.3 Å². The van der Waals surface area contributed by atoms with E-state index in [0.717, 1.165) is 35.6 Å². The number of likely N-dealkylation sites (N-methyl/N-ethyl adjacent to an activating group) is 1. The van der Waals surface area contributed by atoms with E-state index in [-0.39, 0.29) is 12.8 Å². The summed E-state index contributed by atoms with van der Waals surface area (Å²) in [6.07, 6.45) is 0.995. The van der Waals surface area contributed by atoms with Crippen molar-refractivity contribution in [3.8, 4) is 17.2 Å². The summed E-state index contributed by atoms with van der Waals surface area (Å²) in [4.78, 5) is 2.28. The minimum absolute atomic E-state index is 0.0587. The highest BCUT2D eigenvalue weighted by Gasteiger charge is 2.35. The number of fused-ring (bicyclic) bond motifs is 2. The third-order valence-electron chi connectivity index (χ3n) is 5.18. The second-order valence-electron chi connectivity index (χ2n) is 6.62. The number of ether oxygens (including phenoxy) is 3. The molecule has 2 heterocycles. The summed E-state index contributed by atoms with van der Waals surface area (Å²) >= 11 is 0. The lowest BCUT2D eigenvalue weighted by Crippen LogP contribution is -2.33. The first kappa shape index (κ1) is 16.2. The molecule has 5 heteroatoms. The third kappa shape index (κ3) is 2.83. The molecule has 4 rings (SSSR count). The molecule has 1 N–H and O–H groups in total. The lowest BCUT2D eigenvalue weighted by molar-refractivity contribution is 0.107. The first-order chi connectivity index (χ1) is 12.2. The molecular formula is C20H23NO4. The molecule has 0 radical (unpaired) electrons. The molecule has 0 bridgehead atoms. The third-order valence-corrected chi connectivity index (χ3v) is 5.18. The number of nitrogens with zero attached hydrogens (tertiary/aromatic N) is 1. The van der Waals surface area contributed by atoms with Crippen LogP contribution in [0.1, 0.15) is 35.3 Å². The van der Waals surface area contributed by atoms with Crippen molar-refractivity contribution in [1.29, 1.82) is 0 Å². The molecule has 2 aliphatic heterocycles. The van der Waals surface area contributed by atoms with Gasteiger partial charge in [0.1, 0.15) is 0 Å². The Labute approximate surface area is 147 Å². The van der Waals surface area contributed by atoms with Crippen LogP contribution in [0.15, 0.2) is 36.4 Å². The van der Waals surface area contributed by atoms with Gasteiger partial charge in [-0.25, -0.2) is 0 Å². The minimum atomic E-state index is -0.533. The van der Waals surface area contributed by atoms with Crippen molar-refractivity contribution in [2.75, 3.05) is 27.5 Å². The van der Waals surface area contributed by atoms with Gasteiger partial charge in [0.15, 0.2) is 11.5 Å². The predicted octanol–water partition coefficient (Wildman–Crippen LogP) is 3.08. The largest absolute Gasteiger partial charge is 0.492 e. The molecule has 0 amide bonds. The van der Waals surface area contributed by atoms with Gasteiger partial charge >= 0.3 is 0 Å². The van der Waals surface area contributed by atoms with Crippen LogP contribution in [-0.2, 0) is 6.42 Å². The van der Waals surface area contributed by atoms with Crippen molar-refractivity contribution in [1.82, 2.24) is 4.90 Å². The molecular weight excluding hydrogens is 318 g/mol. The maximum absolute atomic E-state index is 10.7. The Morgan fingerprint density at radius 2 is 2.08 bits per heavy atom. The molecule has 0 saturated carbocycles. The van der Waals surface area contributed by atoms with E-state index in [1.54, 1.807) is 7.11 Å². The van der Waals surface area contributed by atoms with Gasteiger partial charge in [0.2, 0.25) is 12.5 Å². The van der Waals surface area contributed by atoms with E-state index >= 15 is 0 Å². The molecule has 0 aliphatic carbocycles. The summed E-state index contributed by atoms with van der Waals surface area (Å²) in [5.74, 6) is 2.17. The summed E-state index contributed by atoms with van der Waals surface area (Å²) in [6.45, 7) is 1.16. The first-order valence-corrected chi connectivity index (χ1v) is 8.61. The lowest BCUT2D eigenvalue weighted by Gasteiger charge is -2.37. The highest BCUT2D eigenvalue weighted by Crippen LogP contribution is 2.50. The molecule has 2 aliphatic rings. The molecule has 132 valence electrons. The molecule has 25 heavy (non-hydrogen) atoms. The summed E-state index contributed by atoms with van der Waals surface area (Å²) < 4.78 is 16.9. The summed E-state index contributed by atoms with van der Waals surface area (Å²) in [6, 6.07) is 11.9. The van der Waals surface area contributed by atoms with Crippen LogP contribution in [-0.4, -0.2) is 37.5 Å². The molecule has 0 spiro atoms. The van der Waals surface area contributed by atoms with Crippen molar-refractivity contribution in [2.24, 2.45) is 0 Å². The molecule has 5 nitrogen and oxygen atoms in total. The van der Waals surface area contributed by atoms with Crippen LogP contribution in [0.4, 0.5) is 0 Å². The van der Waals surface area contributed by atoms with E-state index in [4.69, 9.17) is 14.2 Å². The summed E-state index contributed by atoms with van der Waals surface area (Å²) in [7, 11) is 3.76. The molecule has 0 unspecified atom stereocenters. The summed E-state index contributed by atoms with van der Waals surface area (Å²) in [5, 5.41) is 10.7. The molecule has 0 fully saturated rings. The molecule has 0 aromatic heterocycles. The van der Waals surface area contributed by atoms with Crippen LogP contribution in [0.25, 0.3) is 0 Å². The van der Waals surface area contributed by atoms with Crippen LogP contribution in [0.2, 0.25) is 0 Å². The SMILES string of the molecule is COc1c2c(cc3c1[C@H](C[C@@H](O)c1ccccc1)N(C)CC3)OCO2. The number of aliphatic hydroxyl groups excluding tert-OH is 1. The van der Waals surface area contributed by atoms with E-state index < -0.39 is 6.10 Å². The number of hydrogen-bond donors (Lipinski definition) is 1. The Morgan fingerprint density at radius 1 is 1.28 bits per heavy atom. The van der Waals surface area contributed by atoms with E-state index in [2.05, 4.69) is 18.0 Å². The number of hydrogen-bond acceptors (Lipinski definition) is 5. The smallest absolute Gasteiger partial charge is 0.231 e. The van der Waals surface area contributed by atoms with Crippen LogP contribution in [0.3, 0.4) is 0 Å². The fourth-order valence-corrected chi connectivity index (χ4v) is 3.85. The molecule has 0 saturated heterocycles. The van der Waals surface area contributed by atoms with Gasteiger partial charge in [-0.2, -0.15) is 0 Å². The Bertz CT molecular complexity index is 762. The Hall–Kier alpha value is -2.24. The Morgan fingerprint density at radius 3 is 2.84 bits per heavy atom. The molecule has 2 atom stereocenters. The zero-order valence-electron chi connectivity index (χ0n) is 14.6. The second kappa shape index (κ2) is 6.58. The molecule has 2 aromatic rings. The van der Waals surface area contributed by atoms with Gasteiger partial charge in [0, 0.05) is 18.2 Å². The average molecular weight is 341 g/mol. The minimum Gasteiger partial charge on any atom is -0.492 e. The Kier molecular flexibility index (Phi) is 4.27. The van der Waals surface area contributed by atoms with E-state index in [9.17, 15) is 5.11 Å². The first-order valence-electron chi connectivity index (χ1n) is 8.61. The van der Waals surface area contributed by atoms with Gasteiger partial charge < -0.3 is 19.3 Å². The van der Waals surface area contributed by atoms with Crippen molar-refractivity contribution >= 4 is 0 Å². The van der Waals surface area contributed by atoms with Gasteiger partial charge in [-0.1, -0.05) is 30.3 Å². The van der Waals surface area contributed by atoms with Gasteiger partial charge in [0.05, 0.1) is 13.2 Å². The van der Waals surface area contributed by atoms with Crippen molar-refractivity contribution in [2.45, 2.75) is 25.0 Å². The van der Waals surface area contributed by atoms with Crippen LogP contribution in [0.5, 0.6) is 17.2 Å². The fraction of sp³-hybridized carbons (Fsp3) is 0.400. The van der Waals surface area contributed by atoms with E-state index in [1.165, 1.54) is 5.56 Å². The zero-order valence-corrected chi connectivity index (χ0v) is 14.6. The number of benzene rings is 2. The average Bonchev–Trinajstić information content (AvgIpc) is 3.11. The lowest BCUT2D eigenvalue weighted by atomic mass is 9.87. The van der Waals surface area contributed by atoms with Gasteiger partial charge in [0.25, 0.3) is 0 Å². The van der Waals surface area contributed by atoms with Gasteiger partial charge in [-0.05, 0) is 37.1 Å². The summed E-state index contributed by atoms with van der Waals surface area (Å²) in [5.41, 5.74) is 3.25. The van der Waals surface area contributed by atoms with Crippen LogP contribution < -0.4 is 14.2 Å². The van der Waals surface area contributed by atoms with Gasteiger partial charge in [-0.3, -0.25) is 4.90 Å². The van der Waals surface area contributed by atoms with Gasteiger partial charge in [-0.15, -0.1) is 0 Å². The Balaban J connectivity index is 1.72. The van der Waals surface area contributed by atoms with E-state index in [0.29, 0.717) is 12.2 Å². The van der Waals surface area contributed by atoms with E-state index in [1.807, 2.05) is 30.3 Å².